The van der Waals surface area contributed by atoms with Crippen molar-refractivity contribution in [2.45, 2.75) is 25.8 Å². The van der Waals surface area contributed by atoms with Crippen LogP contribution in [0.3, 0.4) is 0 Å². The Labute approximate surface area is 147 Å². The molecule has 1 aromatic carbocycles. The van der Waals surface area contributed by atoms with E-state index >= 15 is 0 Å². The van der Waals surface area contributed by atoms with Gasteiger partial charge in [-0.1, -0.05) is 5.16 Å². The number of nitrogens with two attached hydrogens (primary N) is 1. The number of halogens is 1. The lowest BCUT2D eigenvalue weighted by Gasteiger charge is -2.28. The maximum atomic E-state index is 11.1. The second-order valence-corrected chi connectivity index (χ2v) is 5.59. The van der Waals surface area contributed by atoms with Crippen LogP contribution in [0.25, 0.3) is 11.4 Å². The van der Waals surface area contributed by atoms with Crippen molar-refractivity contribution in [2.24, 2.45) is 5.73 Å². The average Bonchev–Trinajstić information content (AvgIpc) is 3.09. The van der Waals surface area contributed by atoms with E-state index in [-0.39, 0.29) is 31.4 Å². The van der Waals surface area contributed by atoms with Crippen molar-refractivity contribution in [3.05, 3.63) is 30.2 Å². The van der Waals surface area contributed by atoms with Crippen molar-refractivity contribution < 1.29 is 9.32 Å². The van der Waals surface area contributed by atoms with Gasteiger partial charge in [-0.2, -0.15) is 4.98 Å². The van der Waals surface area contributed by atoms with Gasteiger partial charge in [0.25, 0.3) is 0 Å². The van der Waals surface area contributed by atoms with Gasteiger partial charge in [-0.05, 0) is 43.5 Å². The average molecular weight is 352 g/mol. The number of carbonyl (C=O) groups is 1. The molecule has 0 bridgehead atoms. The molecule has 1 saturated heterocycles. The monoisotopic (exact) mass is 351 g/mol. The van der Waals surface area contributed by atoms with Crippen LogP contribution < -0.4 is 16.0 Å². The number of anilines is 1. The molecule has 2 aromatic rings. The number of hydrogen-bond donors (Lipinski definition) is 2. The molecule has 0 atom stereocenters. The second kappa shape index (κ2) is 8.65. The summed E-state index contributed by atoms with van der Waals surface area (Å²) in [6.45, 7) is 2.37. The van der Waals surface area contributed by atoms with Crippen LogP contribution in [0, 0.1) is 0 Å². The number of amides is 1. The third-order valence-corrected chi connectivity index (χ3v) is 3.94. The number of hydrogen-bond acceptors (Lipinski definition) is 6. The normalized spacial score (nSPS) is 14.1. The molecule has 1 aliphatic rings. The summed E-state index contributed by atoms with van der Waals surface area (Å²) >= 11 is 0. The number of nitrogens with one attached hydrogen (secondary N) is 1. The summed E-state index contributed by atoms with van der Waals surface area (Å²) in [6, 6.07) is 8.17. The largest absolute Gasteiger partial charge is 0.372 e. The number of piperidine rings is 1. The summed E-state index contributed by atoms with van der Waals surface area (Å²) in [5.74, 6) is 0.629. The van der Waals surface area contributed by atoms with Crippen LogP contribution in [0.2, 0.25) is 0 Å². The number of benzene rings is 1. The van der Waals surface area contributed by atoms with E-state index in [1.54, 1.807) is 0 Å². The topological polar surface area (TPSA) is 97.3 Å². The highest BCUT2D eigenvalue weighted by Gasteiger charge is 2.13. The fourth-order valence-corrected chi connectivity index (χ4v) is 2.66. The maximum absolute atomic E-state index is 11.1. The highest BCUT2D eigenvalue weighted by molar-refractivity contribution is 5.85. The smallest absolute Gasteiger partial charge is 0.246 e. The van der Waals surface area contributed by atoms with Gasteiger partial charge in [-0.3, -0.25) is 4.79 Å². The van der Waals surface area contributed by atoms with E-state index in [1.165, 1.54) is 24.9 Å². The Bertz CT molecular complexity index is 653. The van der Waals surface area contributed by atoms with Gasteiger partial charge in [0, 0.05) is 24.3 Å². The van der Waals surface area contributed by atoms with Gasteiger partial charge in [0.05, 0.1) is 13.1 Å². The summed E-state index contributed by atoms with van der Waals surface area (Å²) in [7, 11) is 0. The minimum Gasteiger partial charge on any atom is -0.372 e. The molecule has 3 N–H and O–H groups in total. The third kappa shape index (κ3) is 4.46. The molecule has 1 amide bonds. The van der Waals surface area contributed by atoms with Gasteiger partial charge in [-0.15, -0.1) is 12.4 Å². The fourth-order valence-electron chi connectivity index (χ4n) is 2.66. The number of nitrogens with zero attached hydrogens (tertiary/aromatic N) is 3. The Kier molecular flexibility index (Phi) is 6.57. The van der Waals surface area contributed by atoms with Crippen LogP contribution in [0.4, 0.5) is 5.69 Å². The molecule has 1 fully saturated rings. The predicted molar refractivity (Wildman–Crippen MR) is 93.9 cm³/mol. The number of rotatable bonds is 5. The SMILES string of the molecule is Cl.NCC(=O)NCc1nc(-c2ccc(N3CCCCC3)cc2)no1. The van der Waals surface area contributed by atoms with Crippen LogP contribution in [0.1, 0.15) is 25.2 Å². The van der Waals surface area contributed by atoms with Crippen LogP contribution in [0.15, 0.2) is 28.8 Å². The highest BCUT2D eigenvalue weighted by Crippen LogP contribution is 2.23. The molecule has 24 heavy (non-hydrogen) atoms. The van der Waals surface area contributed by atoms with Gasteiger partial charge in [0.15, 0.2) is 0 Å². The molecule has 130 valence electrons. The van der Waals surface area contributed by atoms with Crippen molar-refractivity contribution in [1.29, 1.82) is 0 Å². The first-order valence-corrected chi connectivity index (χ1v) is 7.91. The summed E-state index contributed by atoms with van der Waals surface area (Å²) < 4.78 is 5.13. The van der Waals surface area contributed by atoms with Gasteiger partial charge in [-0.25, -0.2) is 0 Å². The van der Waals surface area contributed by atoms with Crippen molar-refractivity contribution in [2.75, 3.05) is 24.5 Å². The standard InChI is InChI=1S/C16H21N5O2.ClH/c17-10-14(22)18-11-15-19-16(20-23-15)12-4-6-13(7-5-12)21-8-2-1-3-9-21;/h4-7H,1-3,8-11,17H2,(H,18,22);1H. The van der Waals surface area contributed by atoms with Crippen molar-refractivity contribution >= 4 is 24.0 Å². The van der Waals surface area contributed by atoms with Crippen LogP contribution in [-0.4, -0.2) is 35.7 Å². The molecule has 7 nitrogen and oxygen atoms in total. The van der Waals surface area contributed by atoms with Crippen molar-refractivity contribution in [3.63, 3.8) is 0 Å². The summed E-state index contributed by atoms with van der Waals surface area (Å²) in [4.78, 5) is 17.8. The van der Waals surface area contributed by atoms with E-state index in [1.807, 2.05) is 12.1 Å². The Hall–Kier alpha value is -2.12. The van der Waals surface area contributed by atoms with E-state index in [2.05, 4.69) is 32.5 Å². The van der Waals surface area contributed by atoms with E-state index in [0.717, 1.165) is 18.7 Å². The summed E-state index contributed by atoms with van der Waals surface area (Å²) in [5.41, 5.74) is 7.35. The van der Waals surface area contributed by atoms with Gasteiger partial charge < -0.3 is 20.5 Å². The molecular weight excluding hydrogens is 330 g/mol. The molecule has 3 rings (SSSR count). The molecule has 8 heteroatoms. The van der Waals surface area contributed by atoms with E-state index in [4.69, 9.17) is 10.3 Å². The first-order chi connectivity index (χ1) is 11.3. The Morgan fingerprint density at radius 1 is 1.21 bits per heavy atom. The lowest BCUT2D eigenvalue weighted by Crippen LogP contribution is -2.29. The maximum Gasteiger partial charge on any atom is 0.246 e. The molecule has 0 radical (unpaired) electrons. The van der Waals surface area contributed by atoms with Crippen LogP contribution in [-0.2, 0) is 11.3 Å². The van der Waals surface area contributed by atoms with Gasteiger partial charge in [0.1, 0.15) is 0 Å². The number of carbonyl (C=O) groups excluding carboxylic acids is 1. The highest BCUT2D eigenvalue weighted by atomic mass is 35.5. The first kappa shape index (κ1) is 18.2. The van der Waals surface area contributed by atoms with E-state index in [0.29, 0.717) is 11.7 Å². The zero-order valence-corrected chi connectivity index (χ0v) is 14.2. The Morgan fingerprint density at radius 3 is 2.58 bits per heavy atom. The molecule has 0 saturated carbocycles. The third-order valence-electron chi connectivity index (χ3n) is 3.94. The molecule has 0 spiro atoms. The van der Waals surface area contributed by atoms with Gasteiger partial charge in [0.2, 0.25) is 17.6 Å². The van der Waals surface area contributed by atoms with Crippen molar-refractivity contribution in [1.82, 2.24) is 15.5 Å². The first-order valence-electron chi connectivity index (χ1n) is 7.91. The van der Waals surface area contributed by atoms with Crippen LogP contribution in [0.5, 0.6) is 0 Å². The molecule has 0 aliphatic carbocycles. The summed E-state index contributed by atoms with van der Waals surface area (Å²) in [5, 5.41) is 6.55. The molecule has 0 unspecified atom stereocenters. The zero-order chi connectivity index (χ0) is 16.1. The summed E-state index contributed by atoms with van der Waals surface area (Å²) in [6.07, 6.45) is 3.83. The Balaban J connectivity index is 0.00000208. The molecule has 1 aromatic heterocycles. The molecule has 2 heterocycles. The van der Waals surface area contributed by atoms with Gasteiger partial charge >= 0.3 is 0 Å². The number of aromatic nitrogens is 2. The van der Waals surface area contributed by atoms with E-state index < -0.39 is 0 Å². The molecular formula is C16H22ClN5O2. The predicted octanol–water partition coefficient (Wildman–Crippen LogP) is 1.72. The quantitative estimate of drug-likeness (QED) is 0.851. The fraction of sp³-hybridized carbons (Fsp3) is 0.438. The zero-order valence-electron chi connectivity index (χ0n) is 13.4. The van der Waals surface area contributed by atoms with Crippen molar-refractivity contribution in [3.8, 4) is 11.4 Å². The second-order valence-electron chi connectivity index (χ2n) is 5.59. The minimum atomic E-state index is -0.254. The van der Waals surface area contributed by atoms with E-state index in [9.17, 15) is 4.79 Å². The van der Waals surface area contributed by atoms with Crippen LogP contribution >= 0.6 is 12.4 Å². The molecule has 1 aliphatic heterocycles. The minimum absolute atomic E-state index is 0. The Morgan fingerprint density at radius 2 is 1.92 bits per heavy atom. The lowest BCUT2D eigenvalue weighted by atomic mass is 10.1. The lowest BCUT2D eigenvalue weighted by molar-refractivity contribution is -0.120.